The molecule has 1 heterocycles. The Hall–Kier alpha value is -0.460. The molecule has 1 fully saturated rings. The topological polar surface area (TPSA) is 91.3 Å². The zero-order valence-electron chi connectivity index (χ0n) is 13.1. The van der Waals surface area contributed by atoms with E-state index >= 15 is 0 Å². The van der Waals surface area contributed by atoms with Gasteiger partial charge in [-0.05, 0) is 27.7 Å². The van der Waals surface area contributed by atoms with Crippen molar-refractivity contribution in [3.63, 3.8) is 0 Å². The van der Waals surface area contributed by atoms with Crippen LogP contribution in [0.15, 0.2) is 0 Å². The lowest BCUT2D eigenvalue weighted by molar-refractivity contribution is -0.281. The molecule has 0 aromatic rings. The maximum atomic E-state index is 12.5. The minimum atomic E-state index is -5.83. The minimum absolute atomic E-state index is 0.408. The van der Waals surface area contributed by atoms with Crippen LogP contribution in [0.1, 0.15) is 27.7 Å². The second-order valence-electron chi connectivity index (χ2n) is 5.56. The summed E-state index contributed by atoms with van der Waals surface area (Å²) in [5, 5.41) is 9.82. The van der Waals surface area contributed by atoms with Crippen molar-refractivity contribution < 1.29 is 45.1 Å². The van der Waals surface area contributed by atoms with E-state index in [-0.39, 0.29) is 0 Å². The first-order valence-corrected chi connectivity index (χ1v) is 8.36. The molecule has 1 aliphatic heterocycles. The van der Waals surface area contributed by atoms with Crippen LogP contribution >= 0.6 is 0 Å². The van der Waals surface area contributed by atoms with Crippen LogP contribution in [0.4, 0.5) is 13.2 Å². The molecule has 11 heteroatoms. The van der Waals surface area contributed by atoms with E-state index in [9.17, 15) is 26.7 Å². The van der Waals surface area contributed by atoms with Gasteiger partial charge in [-0.15, -0.1) is 0 Å². The van der Waals surface area contributed by atoms with E-state index in [1.807, 2.05) is 0 Å². The van der Waals surface area contributed by atoms with Gasteiger partial charge in [0.05, 0.1) is 18.8 Å². The Labute approximate surface area is 132 Å². The third-order valence-electron chi connectivity index (χ3n) is 2.79. The molecule has 0 aromatic carbocycles. The van der Waals surface area contributed by atoms with E-state index in [0.717, 1.165) is 0 Å². The molecule has 0 radical (unpaired) electrons. The molecule has 0 saturated carbocycles. The molecule has 0 amide bonds. The summed E-state index contributed by atoms with van der Waals surface area (Å²) in [6.45, 7) is 5.88. The molecule has 0 aromatic heterocycles. The maximum Gasteiger partial charge on any atom is 0.523 e. The number of hydrogen-bond donors (Lipinski definition) is 1. The molecule has 4 atom stereocenters. The fourth-order valence-electron chi connectivity index (χ4n) is 1.99. The lowest BCUT2D eigenvalue weighted by Crippen LogP contribution is -2.58. The highest BCUT2D eigenvalue weighted by Gasteiger charge is 2.52. The number of rotatable bonds is 6. The van der Waals surface area contributed by atoms with Crippen molar-refractivity contribution in [1.82, 2.24) is 0 Å². The maximum absolute atomic E-state index is 12.5. The van der Waals surface area contributed by atoms with Gasteiger partial charge in [0.25, 0.3) is 0 Å². The van der Waals surface area contributed by atoms with Crippen molar-refractivity contribution in [2.24, 2.45) is 0 Å². The molecule has 1 aliphatic rings. The molecule has 0 spiro atoms. The Morgan fingerprint density at radius 1 is 1.09 bits per heavy atom. The Morgan fingerprint density at radius 2 is 1.57 bits per heavy atom. The van der Waals surface area contributed by atoms with Crippen molar-refractivity contribution in [1.29, 1.82) is 0 Å². The predicted octanol–water partition coefficient (Wildman–Crippen LogP) is 1.16. The quantitative estimate of drug-likeness (QED) is 0.557. The van der Waals surface area contributed by atoms with Crippen molar-refractivity contribution >= 4 is 10.1 Å². The second kappa shape index (κ2) is 7.62. The van der Waals surface area contributed by atoms with Gasteiger partial charge >= 0.3 is 15.6 Å². The summed E-state index contributed by atoms with van der Waals surface area (Å²) in [6, 6.07) is 0. The highest BCUT2D eigenvalue weighted by atomic mass is 32.2. The minimum Gasteiger partial charge on any atom is -0.370 e. The lowest BCUT2D eigenvalue weighted by atomic mass is 10.0. The summed E-state index contributed by atoms with van der Waals surface area (Å²) < 4.78 is 79.8. The van der Waals surface area contributed by atoms with Gasteiger partial charge in [-0.1, -0.05) is 0 Å². The third kappa shape index (κ3) is 5.54. The molecule has 0 aliphatic carbocycles. The molecule has 1 rings (SSSR count). The number of alkyl halides is 3. The van der Waals surface area contributed by atoms with Gasteiger partial charge < -0.3 is 19.3 Å². The van der Waals surface area contributed by atoms with Crippen LogP contribution in [0, 0.1) is 0 Å². The van der Waals surface area contributed by atoms with E-state index < -0.39 is 59.0 Å². The number of halogens is 3. The molecule has 1 saturated heterocycles. The average Bonchev–Trinajstić information content (AvgIpc) is 2.34. The van der Waals surface area contributed by atoms with Gasteiger partial charge in [0, 0.05) is 0 Å². The van der Waals surface area contributed by atoms with E-state index in [2.05, 4.69) is 4.18 Å². The number of hydrogen-bond acceptors (Lipinski definition) is 7. The van der Waals surface area contributed by atoms with Crippen LogP contribution in [-0.4, -0.2) is 62.4 Å². The smallest absolute Gasteiger partial charge is 0.370 e. The summed E-state index contributed by atoms with van der Waals surface area (Å²) in [4.78, 5) is 0. The van der Waals surface area contributed by atoms with E-state index in [4.69, 9.17) is 14.2 Å². The molecule has 23 heavy (non-hydrogen) atoms. The Balaban J connectivity index is 3.04. The largest absolute Gasteiger partial charge is 0.523 e. The van der Waals surface area contributed by atoms with Crippen LogP contribution in [0.2, 0.25) is 0 Å². The van der Waals surface area contributed by atoms with Crippen molar-refractivity contribution in [3.8, 4) is 0 Å². The molecular weight excluding hydrogens is 345 g/mol. The molecule has 0 bridgehead atoms. The molecule has 1 N–H and O–H groups in total. The predicted molar refractivity (Wildman–Crippen MR) is 71.8 cm³/mol. The van der Waals surface area contributed by atoms with Crippen LogP contribution in [0.5, 0.6) is 0 Å². The first kappa shape index (κ1) is 20.6. The summed E-state index contributed by atoms with van der Waals surface area (Å²) >= 11 is 0. The SMILES string of the molecule is CC(C)O[C@@H]1[C@H](OC(C)C)[C@@H](O)OC[C@H]1OS(=O)(=O)C(F)(F)F. The van der Waals surface area contributed by atoms with Gasteiger partial charge in [-0.2, -0.15) is 21.6 Å². The zero-order valence-corrected chi connectivity index (χ0v) is 13.9. The normalized spacial score (nSPS) is 30.2. The van der Waals surface area contributed by atoms with E-state index in [1.165, 1.54) is 0 Å². The Morgan fingerprint density at radius 3 is 2.00 bits per heavy atom. The summed E-state index contributed by atoms with van der Waals surface area (Å²) in [5.41, 5.74) is -5.57. The Kier molecular flexibility index (Phi) is 6.82. The number of aliphatic hydroxyl groups is 1. The molecule has 7 nitrogen and oxygen atoms in total. The fraction of sp³-hybridized carbons (Fsp3) is 1.00. The summed E-state index contributed by atoms with van der Waals surface area (Å²) in [7, 11) is -5.83. The van der Waals surface area contributed by atoms with Crippen LogP contribution in [0.25, 0.3) is 0 Å². The van der Waals surface area contributed by atoms with Gasteiger partial charge in [0.1, 0.15) is 18.3 Å². The first-order valence-electron chi connectivity index (χ1n) is 6.95. The second-order valence-corrected chi connectivity index (χ2v) is 7.12. The number of ether oxygens (including phenoxy) is 3. The lowest BCUT2D eigenvalue weighted by Gasteiger charge is -2.41. The van der Waals surface area contributed by atoms with Gasteiger partial charge in [-0.25, -0.2) is 0 Å². The van der Waals surface area contributed by atoms with Crippen LogP contribution < -0.4 is 0 Å². The monoisotopic (exact) mass is 366 g/mol. The van der Waals surface area contributed by atoms with Crippen molar-refractivity contribution in [3.05, 3.63) is 0 Å². The van der Waals surface area contributed by atoms with E-state index in [1.54, 1.807) is 27.7 Å². The van der Waals surface area contributed by atoms with Crippen LogP contribution in [0.3, 0.4) is 0 Å². The van der Waals surface area contributed by atoms with E-state index in [0.29, 0.717) is 0 Å². The fourth-order valence-corrected chi connectivity index (χ4v) is 2.59. The average molecular weight is 366 g/mol. The van der Waals surface area contributed by atoms with Gasteiger partial charge in [-0.3, -0.25) is 4.18 Å². The van der Waals surface area contributed by atoms with Crippen molar-refractivity contribution in [2.45, 2.75) is 70.0 Å². The highest BCUT2D eigenvalue weighted by Crippen LogP contribution is 2.31. The van der Waals surface area contributed by atoms with Gasteiger partial charge in [0.2, 0.25) is 0 Å². The molecule has 138 valence electrons. The molecule has 0 unspecified atom stereocenters. The van der Waals surface area contributed by atoms with Crippen molar-refractivity contribution in [2.75, 3.05) is 6.61 Å². The zero-order chi connectivity index (χ0) is 18.0. The first-order chi connectivity index (χ1) is 10.3. The van der Waals surface area contributed by atoms with Crippen LogP contribution in [-0.2, 0) is 28.5 Å². The standard InChI is InChI=1S/C12H21F3O7S/c1-6(2)20-9-8(22-23(17,18)12(13,14)15)5-19-11(16)10(9)21-7(3)4/h6-11,16H,5H2,1-4H3/t8-,9+,10+,11+/m1/s1. The highest BCUT2D eigenvalue weighted by molar-refractivity contribution is 7.87. The summed E-state index contributed by atoms with van der Waals surface area (Å²) in [5.74, 6) is 0. The summed E-state index contributed by atoms with van der Waals surface area (Å²) in [6.07, 6.45) is -6.40. The third-order valence-corrected chi connectivity index (χ3v) is 3.86. The number of aliphatic hydroxyl groups excluding tert-OH is 1. The molecular formula is C12H21F3O7S. The van der Waals surface area contributed by atoms with Gasteiger partial charge in [0.15, 0.2) is 6.29 Å². The Bertz CT molecular complexity index is 478.